The quantitative estimate of drug-likeness (QED) is 0.795. The molecule has 1 aromatic rings. The molecular weight excluding hydrogens is 238 g/mol. The van der Waals surface area contributed by atoms with Crippen LogP contribution in [0.2, 0.25) is 0 Å². The van der Waals surface area contributed by atoms with Crippen LogP contribution in [0.3, 0.4) is 0 Å². The Bertz CT molecular complexity index is 369. The number of aromatic nitrogens is 2. The van der Waals surface area contributed by atoms with Gasteiger partial charge in [-0.2, -0.15) is 5.10 Å². The van der Waals surface area contributed by atoms with E-state index in [0.29, 0.717) is 6.61 Å². The molecule has 1 aliphatic rings. The van der Waals surface area contributed by atoms with Gasteiger partial charge >= 0.3 is 0 Å². The van der Waals surface area contributed by atoms with E-state index in [9.17, 15) is 5.11 Å². The van der Waals surface area contributed by atoms with Gasteiger partial charge in [0.25, 0.3) is 0 Å². The molecule has 1 heterocycles. The van der Waals surface area contributed by atoms with Crippen LogP contribution in [0.4, 0.5) is 0 Å². The maximum Gasteiger partial charge on any atom is 0.0534 e. The molecule has 2 rings (SSSR count). The third-order valence-corrected chi connectivity index (χ3v) is 4.22. The zero-order valence-corrected chi connectivity index (χ0v) is 12.1. The highest BCUT2D eigenvalue weighted by Gasteiger charge is 2.30. The molecule has 0 unspecified atom stereocenters. The molecule has 1 saturated carbocycles. The lowest BCUT2D eigenvalue weighted by Crippen LogP contribution is -2.38. The summed E-state index contributed by atoms with van der Waals surface area (Å²) in [4.78, 5) is 0. The molecule has 4 nitrogen and oxygen atoms in total. The Balaban J connectivity index is 1.78. The molecule has 1 aliphatic carbocycles. The Morgan fingerprint density at radius 3 is 2.84 bits per heavy atom. The average molecular weight is 265 g/mol. The zero-order chi connectivity index (χ0) is 13.6. The molecule has 0 saturated heterocycles. The number of nitrogens with one attached hydrogen (secondary N) is 1. The highest BCUT2D eigenvalue weighted by Crippen LogP contribution is 2.35. The fourth-order valence-corrected chi connectivity index (χ4v) is 3.01. The van der Waals surface area contributed by atoms with E-state index in [4.69, 9.17) is 0 Å². The van der Waals surface area contributed by atoms with E-state index in [0.717, 1.165) is 38.9 Å². The van der Waals surface area contributed by atoms with Crippen LogP contribution in [-0.2, 0) is 13.1 Å². The first-order chi connectivity index (χ1) is 9.28. The molecular formula is C15H27N3O. The first-order valence-corrected chi connectivity index (χ1v) is 7.61. The van der Waals surface area contributed by atoms with Crippen LogP contribution in [0.1, 0.15) is 51.0 Å². The van der Waals surface area contributed by atoms with Gasteiger partial charge in [-0.3, -0.25) is 4.68 Å². The third kappa shape index (κ3) is 4.05. The van der Waals surface area contributed by atoms with Gasteiger partial charge in [0, 0.05) is 43.4 Å². The van der Waals surface area contributed by atoms with E-state index in [-0.39, 0.29) is 5.41 Å². The Morgan fingerprint density at radius 1 is 1.37 bits per heavy atom. The van der Waals surface area contributed by atoms with Crippen molar-refractivity contribution in [2.24, 2.45) is 5.41 Å². The van der Waals surface area contributed by atoms with E-state index in [1.54, 1.807) is 0 Å². The molecule has 1 aromatic heterocycles. The predicted octanol–water partition coefficient (Wildman–Crippen LogP) is 2.33. The predicted molar refractivity (Wildman–Crippen MR) is 76.8 cm³/mol. The first kappa shape index (κ1) is 14.5. The van der Waals surface area contributed by atoms with Crippen LogP contribution < -0.4 is 5.32 Å². The lowest BCUT2D eigenvalue weighted by molar-refractivity contribution is 0.0810. The molecule has 0 atom stereocenters. The number of hydrogen-bond donors (Lipinski definition) is 2. The maximum atomic E-state index is 9.66. The van der Waals surface area contributed by atoms with Crippen molar-refractivity contribution in [1.29, 1.82) is 0 Å². The molecule has 0 spiro atoms. The number of rotatable bonds is 7. The van der Waals surface area contributed by atoms with Crippen LogP contribution in [0.15, 0.2) is 12.4 Å². The van der Waals surface area contributed by atoms with E-state index >= 15 is 0 Å². The lowest BCUT2D eigenvalue weighted by Gasteiger charge is -2.35. The molecule has 0 aromatic carbocycles. The van der Waals surface area contributed by atoms with Crippen molar-refractivity contribution in [2.75, 3.05) is 13.2 Å². The normalized spacial score (nSPS) is 18.6. The summed E-state index contributed by atoms with van der Waals surface area (Å²) in [6.45, 7) is 5.23. The Morgan fingerprint density at radius 2 is 2.16 bits per heavy atom. The summed E-state index contributed by atoms with van der Waals surface area (Å²) in [6, 6.07) is 0. The minimum Gasteiger partial charge on any atom is -0.396 e. The fraction of sp³-hybridized carbons (Fsp3) is 0.800. The van der Waals surface area contributed by atoms with Crippen molar-refractivity contribution < 1.29 is 5.11 Å². The minimum atomic E-state index is 0.123. The topological polar surface area (TPSA) is 50.1 Å². The number of nitrogens with zero attached hydrogens (tertiary/aromatic N) is 2. The van der Waals surface area contributed by atoms with Gasteiger partial charge in [0.1, 0.15) is 0 Å². The standard InChI is InChI=1S/C15H27N3O/c1-2-8-18-11-14(10-17-18)9-16-12-15(13-19)6-4-3-5-7-15/h10-11,16,19H,2-9,12-13H2,1H3. The van der Waals surface area contributed by atoms with E-state index < -0.39 is 0 Å². The highest BCUT2D eigenvalue weighted by atomic mass is 16.3. The van der Waals surface area contributed by atoms with Crippen molar-refractivity contribution >= 4 is 0 Å². The van der Waals surface area contributed by atoms with Crippen molar-refractivity contribution in [3.05, 3.63) is 18.0 Å². The smallest absolute Gasteiger partial charge is 0.0534 e. The van der Waals surface area contributed by atoms with Crippen molar-refractivity contribution in [2.45, 2.75) is 58.5 Å². The van der Waals surface area contributed by atoms with Gasteiger partial charge in [0.2, 0.25) is 0 Å². The lowest BCUT2D eigenvalue weighted by atomic mass is 9.74. The summed E-state index contributed by atoms with van der Waals surface area (Å²) >= 11 is 0. The van der Waals surface area contributed by atoms with Crippen LogP contribution in [0, 0.1) is 5.41 Å². The number of hydrogen-bond acceptors (Lipinski definition) is 3. The number of aryl methyl sites for hydroxylation is 1. The summed E-state index contributed by atoms with van der Waals surface area (Å²) in [6.07, 6.45) is 11.3. The van der Waals surface area contributed by atoms with Crippen LogP contribution in [0.5, 0.6) is 0 Å². The maximum absolute atomic E-state index is 9.66. The third-order valence-electron chi connectivity index (χ3n) is 4.22. The Hall–Kier alpha value is -0.870. The monoisotopic (exact) mass is 265 g/mol. The van der Waals surface area contributed by atoms with Crippen LogP contribution >= 0.6 is 0 Å². The molecule has 0 amide bonds. The molecule has 0 bridgehead atoms. The summed E-state index contributed by atoms with van der Waals surface area (Å²) in [7, 11) is 0. The van der Waals surface area contributed by atoms with Gasteiger partial charge in [0.15, 0.2) is 0 Å². The average Bonchev–Trinajstić information content (AvgIpc) is 2.88. The van der Waals surface area contributed by atoms with Gasteiger partial charge < -0.3 is 10.4 Å². The van der Waals surface area contributed by atoms with Gasteiger partial charge in [-0.05, 0) is 19.3 Å². The van der Waals surface area contributed by atoms with E-state index in [1.807, 2.05) is 10.9 Å². The second-order valence-corrected chi connectivity index (χ2v) is 5.93. The second-order valence-electron chi connectivity index (χ2n) is 5.93. The molecule has 19 heavy (non-hydrogen) atoms. The van der Waals surface area contributed by atoms with Crippen molar-refractivity contribution in [3.8, 4) is 0 Å². The van der Waals surface area contributed by atoms with Gasteiger partial charge in [-0.1, -0.05) is 26.2 Å². The summed E-state index contributed by atoms with van der Waals surface area (Å²) in [5.41, 5.74) is 1.36. The van der Waals surface area contributed by atoms with Crippen molar-refractivity contribution in [3.63, 3.8) is 0 Å². The zero-order valence-electron chi connectivity index (χ0n) is 12.1. The summed E-state index contributed by atoms with van der Waals surface area (Å²) < 4.78 is 2.00. The first-order valence-electron chi connectivity index (χ1n) is 7.61. The molecule has 2 N–H and O–H groups in total. The minimum absolute atomic E-state index is 0.123. The Labute approximate surface area is 116 Å². The van der Waals surface area contributed by atoms with Gasteiger partial charge in [-0.25, -0.2) is 0 Å². The van der Waals surface area contributed by atoms with E-state index in [2.05, 4.69) is 23.5 Å². The molecule has 0 aliphatic heterocycles. The SMILES string of the molecule is CCCn1cc(CNCC2(CO)CCCCC2)cn1. The fourth-order valence-electron chi connectivity index (χ4n) is 3.01. The molecule has 0 radical (unpaired) electrons. The molecule has 108 valence electrons. The number of aliphatic hydroxyl groups is 1. The van der Waals surface area contributed by atoms with Crippen LogP contribution in [-0.4, -0.2) is 28.0 Å². The highest BCUT2D eigenvalue weighted by molar-refractivity contribution is 5.03. The molecule has 4 heteroatoms. The van der Waals surface area contributed by atoms with Crippen molar-refractivity contribution in [1.82, 2.24) is 15.1 Å². The molecule has 1 fully saturated rings. The summed E-state index contributed by atoms with van der Waals surface area (Å²) in [5.74, 6) is 0. The van der Waals surface area contributed by atoms with Crippen LogP contribution in [0.25, 0.3) is 0 Å². The van der Waals surface area contributed by atoms with E-state index in [1.165, 1.54) is 24.8 Å². The number of aliphatic hydroxyl groups excluding tert-OH is 1. The second kappa shape index (κ2) is 7.06. The summed E-state index contributed by atoms with van der Waals surface area (Å²) in [5, 5.41) is 17.5. The Kier molecular flexibility index (Phi) is 5.40. The van der Waals surface area contributed by atoms with Gasteiger partial charge in [0.05, 0.1) is 6.20 Å². The largest absolute Gasteiger partial charge is 0.396 e. The van der Waals surface area contributed by atoms with Gasteiger partial charge in [-0.15, -0.1) is 0 Å².